The SMILES string of the molecule is CCNc1ccc(CSCC(=O)OC)cn1. The Morgan fingerprint density at radius 3 is 2.94 bits per heavy atom. The maximum Gasteiger partial charge on any atom is 0.315 e. The van der Waals surface area contributed by atoms with Gasteiger partial charge >= 0.3 is 5.97 Å². The van der Waals surface area contributed by atoms with E-state index in [-0.39, 0.29) is 5.97 Å². The molecule has 1 aromatic heterocycles. The second-order valence-electron chi connectivity index (χ2n) is 3.15. The Labute approximate surface area is 99.8 Å². The molecule has 5 heteroatoms. The summed E-state index contributed by atoms with van der Waals surface area (Å²) in [5.41, 5.74) is 1.11. The van der Waals surface area contributed by atoms with Crippen LogP contribution in [0.2, 0.25) is 0 Å². The number of anilines is 1. The minimum absolute atomic E-state index is 0.192. The van der Waals surface area contributed by atoms with Crippen LogP contribution < -0.4 is 5.32 Å². The van der Waals surface area contributed by atoms with Crippen LogP contribution >= 0.6 is 11.8 Å². The molecular formula is C11H16N2O2S. The first-order valence-corrected chi connectivity index (χ1v) is 6.25. The van der Waals surface area contributed by atoms with E-state index in [4.69, 9.17) is 0 Å². The molecule has 1 aromatic rings. The first kappa shape index (κ1) is 12.8. The lowest BCUT2D eigenvalue weighted by molar-refractivity contribution is -0.137. The molecule has 0 saturated carbocycles. The highest BCUT2D eigenvalue weighted by molar-refractivity contribution is 7.99. The summed E-state index contributed by atoms with van der Waals surface area (Å²) in [6.45, 7) is 2.89. The van der Waals surface area contributed by atoms with Crippen LogP contribution in [0.4, 0.5) is 5.82 Å². The molecule has 0 spiro atoms. The van der Waals surface area contributed by atoms with Gasteiger partial charge in [-0.15, -0.1) is 11.8 Å². The van der Waals surface area contributed by atoms with Gasteiger partial charge in [-0.3, -0.25) is 4.79 Å². The Hall–Kier alpha value is -1.23. The number of methoxy groups -OCH3 is 1. The van der Waals surface area contributed by atoms with Gasteiger partial charge in [-0.2, -0.15) is 0 Å². The van der Waals surface area contributed by atoms with Gasteiger partial charge in [-0.1, -0.05) is 6.07 Å². The number of aromatic nitrogens is 1. The molecule has 4 nitrogen and oxygen atoms in total. The number of rotatable bonds is 6. The quantitative estimate of drug-likeness (QED) is 0.770. The number of nitrogens with one attached hydrogen (secondary N) is 1. The van der Waals surface area contributed by atoms with E-state index in [1.54, 1.807) is 0 Å². The molecule has 88 valence electrons. The molecule has 0 amide bonds. The highest BCUT2D eigenvalue weighted by Crippen LogP contribution is 2.13. The molecule has 0 saturated heterocycles. The number of hydrogen-bond acceptors (Lipinski definition) is 5. The topological polar surface area (TPSA) is 51.2 Å². The van der Waals surface area contributed by atoms with E-state index in [9.17, 15) is 4.79 Å². The van der Waals surface area contributed by atoms with Crippen molar-refractivity contribution in [2.24, 2.45) is 0 Å². The molecule has 0 atom stereocenters. The smallest absolute Gasteiger partial charge is 0.315 e. The zero-order valence-corrected chi connectivity index (χ0v) is 10.3. The number of ether oxygens (including phenoxy) is 1. The average molecular weight is 240 g/mol. The first-order valence-electron chi connectivity index (χ1n) is 5.09. The fraction of sp³-hybridized carbons (Fsp3) is 0.455. The van der Waals surface area contributed by atoms with Crippen molar-refractivity contribution in [2.75, 3.05) is 24.7 Å². The van der Waals surface area contributed by atoms with Crippen LogP contribution in [0.3, 0.4) is 0 Å². The monoisotopic (exact) mass is 240 g/mol. The summed E-state index contributed by atoms with van der Waals surface area (Å²) < 4.78 is 4.55. The van der Waals surface area contributed by atoms with Crippen LogP contribution in [0, 0.1) is 0 Å². The molecule has 0 radical (unpaired) electrons. The van der Waals surface area contributed by atoms with Gasteiger partial charge in [-0.25, -0.2) is 4.98 Å². The second-order valence-corrected chi connectivity index (χ2v) is 4.14. The third kappa shape index (κ3) is 4.53. The van der Waals surface area contributed by atoms with Crippen molar-refractivity contribution >= 4 is 23.5 Å². The molecule has 1 N–H and O–H groups in total. The highest BCUT2D eigenvalue weighted by atomic mass is 32.2. The molecule has 0 fully saturated rings. The lowest BCUT2D eigenvalue weighted by atomic mass is 10.3. The number of pyridine rings is 1. The van der Waals surface area contributed by atoms with Gasteiger partial charge in [-0.05, 0) is 18.6 Å². The molecule has 0 aliphatic heterocycles. The van der Waals surface area contributed by atoms with Gasteiger partial charge in [0.2, 0.25) is 0 Å². The zero-order valence-electron chi connectivity index (χ0n) is 9.53. The van der Waals surface area contributed by atoms with Crippen molar-refractivity contribution in [2.45, 2.75) is 12.7 Å². The maximum absolute atomic E-state index is 10.9. The summed E-state index contributed by atoms with van der Waals surface area (Å²) in [6, 6.07) is 3.95. The predicted octanol–water partition coefficient (Wildman–Crippen LogP) is 1.92. The van der Waals surface area contributed by atoms with E-state index in [1.807, 2.05) is 25.3 Å². The van der Waals surface area contributed by atoms with Crippen molar-refractivity contribution in [3.63, 3.8) is 0 Å². The van der Waals surface area contributed by atoms with Gasteiger partial charge in [0.25, 0.3) is 0 Å². The van der Waals surface area contributed by atoms with Crippen LogP contribution in [-0.4, -0.2) is 30.4 Å². The Bertz CT molecular complexity index is 327. The van der Waals surface area contributed by atoms with Crippen molar-refractivity contribution in [1.29, 1.82) is 0 Å². The Kier molecular flexibility index (Phi) is 5.71. The van der Waals surface area contributed by atoms with Gasteiger partial charge in [0.1, 0.15) is 5.82 Å². The number of nitrogens with zero attached hydrogens (tertiary/aromatic N) is 1. The summed E-state index contributed by atoms with van der Waals surface area (Å²) in [4.78, 5) is 15.1. The fourth-order valence-electron chi connectivity index (χ4n) is 1.11. The molecule has 0 bridgehead atoms. The van der Waals surface area contributed by atoms with Crippen molar-refractivity contribution < 1.29 is 9.53 Å². The molecule has 1 rings (SSSR count). The second kappa shape index (κ2) is 7.11. The summed E-state index contributed by atoms with van der Waals surface area (Å²) in [7, 11) is 1.40. The van der Waals surface area contributed by atoms with E-state index in [0.717, 1.165) is 23.7 Å². The number of thioether (sulfide) groups is 1. The number of carbonyl (C=O) groups is 1. The van der Waals surface area contributed by atoms with E-state index in [0.29, 0.717) is 5.75 Å². The third-order valence-corrected chi connectivity index (χ3v) is 2.88. The van der Waals surface area contributed by atoms with Gasteiger partial charge in [0, 0.05) is 18.5 Å². The molecule has 16 heavy (non-hydrogen) atoms. The van der Waals surface area contributed by atoms with Crippen LogP contribution in [-0.2, 0) is 15.3 Å². The third-order valence-electron chi connectivity index (χ3n) is 1.90. The van der Waals surface area contributed by atoms with Crippen molar-refractivity contribution in [3.8, 4) is 0 Å². The Morgan fingerprint density at radius 2 is 2.38 bits per heavy atom. The van der Waals surface area contributed by atoms with Crippen LogP contribution in [0.1, 0.15) is 12.5 Å². The standard InChI is InChI=1S/C11H16N2O2S/c1-3-12-10-5-4-9(6-13-10)7-16-8-11(14)15-2/h4-6H,3,7-8H2,1-2H3,(H,12,13). The minimum atomic E-state index is -0.192. The van der Waals surface area contributed by atoms with Crippen LogP contribution in [0.5, 0.6) is 0 Å². The normalized spacial score (nSPS) is 9.88. The molecule has 0 aliphatic rings. The maximum atomic E-state index is 10.9. The summed E-state index contributed by atoms with van der Waals surface area (Å²) in [5, 5.41) is 3.13. The van der Waals surface area contributed by atoms with Crippen LogP contribution in [0.25, 0.3) is 0 Å². The summed E-state index contributed by atoms with van der Waals surface area (Å²) in [6.07, 6.45) is 1.82. The zero-order chi connectivity index (χ0) is 11.8. The predicted molar refractivity (Wildman–Crippen MR) is 66.6 cm³/mol. The average Bonchev–Trinajstić information content (AvgIpc) is 2.31. The number of esters is 1. The lowest BCUT2D eigenvalue weighted by Gasteiger charge is -2.04. The lowest BCUT2D eigenvalue weighted by Crippen LogP contribution is -2.03. The van der Waals surface area contributed by atoms with Gasteiger partial charge in [0.05, 0.1) is 12.9 Å². The van der Waals surface area contributed by atoms with E-state index in [2.05, 4.69) is 15.0 Å². The van der Waals surface area contributed by atoms with E-state index < -0.39 is 0 Å². The molecule has 0 aromatic carbocycles. The summed E-state index contributed by atoms with van der Waals surface area (Å²) in [5.74, 6) is 1.84. The Morgan fingerprint density at radius 1 is 1.56 bits per heavy atom. The van der Waals surface area contributed by atoms with Gasteiger partial charge < -0.3 is 10.1 Å². The summed E-state index contributed by atoms with van der Waals surface area (Å²) >= 11 is 1.52. The fourth-order valence-corrected chi connectivity index (χ4v) is 1.90. The molecule has 0 unspecified atom stereocenters. The number of carbonyl (C=O) groups excluding carboxylic acids is 1. The molecule has 0 aliphatic carbocycles. The largest absolute Gasteiger partial charge is 0.468 e. The molecular weight excluding hydrogens is 224 g/mol. The number of hydrogen-bond donors (Lipinski definition) is 1. The first-order chi connectivity index (χ1) is 7.76. The van der Waals surface area contributed by atoms with Crippen LogP contribution in [0.15, 0.2) is 18.3 Å². The van der Waals surface area contributed by atoms with E-state index in [1.165, 1.54) is 18.9 Å². The minimum Gasteiger partial charge on any atom is -0.468 e. The Balaban J connectivity index is 2.34. The molecule has 1 heterocycles. The van der Waals surface area contributed by atoms with E-state index >= 15 is 0 Å². The van der Waals surface area contributed by atoms with Crippen molar-refractivity contribution in [1.82, 2.24) is 4.98 Å². The van der Waals surface area contributed by atoms with Gasteiger partial charge in [0.15, 0.2) is 0 Å². The highest BCUT2D eigenvalue weighted by Gasteiger charge is 2.01. The van der Waals surface area contributed by atoms with Crippen molar-refractivity contribution in [3.05, 3.63) is 23.9 Å².